The fraction of sp³-hybridized carbons (Fsp3) is 0.385. The first-order chi connectivity index (χ1) is 9.28. The molecule has 0 aliphatic rings. The molecule has 1 unspecified atom stereocenters. The molecule has 5 nitrogen and oxygen atoms in total. The van der Waals surface area contributed by atoms with Crippen LogP contribution in [0.25, 0.3) is 0 Å². The molecule has 0 aliphatic carbocycles. The number of aliphatic carboxylic acids is 1. The van der Waals surface area contributed by atoms with E-state index in [0.717, 1.165) is 4.47 Å². The number of anilines is 1. The topological polar surface area (TPSA) is 78.4 Å². The molecule has 0 spiro atoms. The second-order valence-electron chi connectivity index (χ2n) is 4.65. The largest absolute Gasteiger partial charge is 0.481 e. The Labute approximate surface area is 130 Å². The molecule has 20 heavy (non-hydrogen) atoms. The van der Waals surface area contributed by atoms with Crippen molar-refractivity contribution in [3.63, 3.8) is 0 Å². The predicted molar refractivity (Wildman–Crippen MR) is 82.2 cm³/mol. The number of rotatable bonds is 5. The van der Waals surface area contributed by atoms with Crippen molar-refractivity contribution in [1.82, 2.24) is 5.32 Å². The molecule has 1 atom stereocenters. The molecule has 0 saturated heterocycles. The Balaban J connectivity index is 2.65. The summed E-state index contributed by atoms with van der Waals surface area (Å²) >= 11 is 9.23. The minimum atomic E-state index is -0.988. The third kappa shape index (κ3) is 4.38. The van der Waals surface area contributed by atoms with Gasteiger partial charge in [0.05, 0.1) is 16.1 Å². The summed E-state index contributed by atoms with van der Waals surface area (Å²) in [4.78, 5) is 22.9. The first kappa shape index (κ1) is 16.8. The lowest BCUT2D eigenvalue weighted by Crippen LogP contribution is -2.42. The second-order valence-corrected chi connectivity index (χ2v) is 5.97. The van der Waals surface area contributed by atoms with Gasteiger partial charge in [-0.1, -0.05) is 34.5 Å². The van der Waals surface area contributed by atoms with Gasteiger partial charge in [0.1, 0.15) is 0 Å². The lowest BCUT2D eigenvalue weighted by Gasteiger charge is -2.23. The smallest absolute Gasteiger partial charge is 0.319 e. The Hall–Kier alpha value is -1.27. The number of carbonyl (C=O) groups excluding carboxylic acids is 1. The summed E-state index contributed by atoms with van der Waals surface area (Å²) in [6.45, 7) is 3.39. The van der Waals surface area contributed by atoms with Crippen molar-refractivity contribution in [2.24, 2.45) is 5.41 Å². The average molecular weight is 364 g/mol. The molecular formula is C13H16BrClN2O3. The van der Waals surface area contributed by atoms with E-state index in [9.17, 15) is 9.59 Å². The Kier molecular flexibility index (Phi) is 5.83. The van der Waals surface area contributed by atoms with E-state index in [-0.39, 0.29) is 6.54 Å². The van der Waals surface area contributed by atoms with Crippen LogP contribution in [0.4, 0.5) is 10.5 Å². The molecule has 0 aliphatic heterocycles. The minimum Gasteiger partial charge on any atom is -0.481 e. The molecule has 0 heterocycles. The summed E-state index contributed by atoms with van der Waals surface area (Å²) in [6, 6.07) is 4.57. The Bertz CT molecular complexity index is 524. The van der Waals surface area contributed by atoms with Crippen LogP contribution in [0, 0.1) is 5.41 Å². The molecule has 0 saturated carbocycles. The summed E-state index contributed by atoms with van der Waals surface area (Å²) in [6.07, 6.45) is 0.417. The van der Waals surface area contributed by atoms with Crippen LogP contribution in [0.2, 0.25) is 5.02 Å². The highest BCUT2D eigenvalue weighted by Gasteiger charge is 2.31. The standard InChI is InChI=1S/C13H16BrClN2O3/c1-3-13(2,11(18)19)7-16-12(20)17-10-6-8(14)4-5-9(10)15/h4-6H,3,7H2,1-2H3,(H,18,19)(H2,16,17,20). The number of carboxylic acids is 1. The van der Waals surface area contributed by atoms with Gasteiger partial charge < -0.3 is 15.7 Å². The monoisotopic (exact) mass is 362 g/mol. The van der Waals surface area contributed by atoms with E-state index in [2.05, 4.69) is 26.6 Å². The van der Waals surface area contributed by atoms with Gasteiger partial charge in [0.2, 0.25) is 0 Å². The minimum absolute atomic E-state index is 0.0380. The third-order valence-corrected chi connectivity index (χ3v) is 3.94. The molecule has 0 bridgehead atoms. The van der Waals surface area contributed by atoms with E-state index in [1.165, 1.54) is 0 Å². The highest BCUT2D eigenvalue weighted by atomic mass is 79.9. The maximum absolute atomic E-state index is 11.8. The van der Waals surface area contributed by atoms with Crippen LogP contribution >= 0.6 is 27.5 Å². The van der Waals surface area contributed by atoms with Gasteiger partial charge >= 0.3 is 12.0 Å². The van der Waals surface area contributed by atoms with E-state index < -0.39 is 17.4 Å². The average Bonchev–Trinajstić information content (AvgIpc) is 2.40. The lowest BCUT2D eigenvalue weighted by atomic mass is 9.88. The van der Waals surface area contributed by atoms with E-state index in [4.69, 9.17) is 16.7 Å². The van der Waals surface area contributed by atoms with Crippen LogP contribution in [-0.2, 0) is 4.79 Å². The number of carboxylic acid groups (broad SMARTS) is 1. The molecule has 1 rings (SSSR count). The van der Waals surface area contributed by atoms with Crippen molar-refractivity contribution in [3.05, 3.63) is 27.7 Å². The number of hydrogen-bond donors (Lipinski definition) is 3. The van der Waals surface area contributed by atoms with E-state index >= 15 is 0 Å². The lowest BCUT2D eigenvalue weighted by molar-refractivity contribution is -0.147. The van der Waals surface area contributed by atoms with E-state index in [1.807, 2.05) is 0 Å². The van der Waals surface area contributed by atoms with Crippen LogP contribution in [0.5, 0.6) is 0 Å². The Morgan fingerprint density at radius 2 is 2.10 bits per heavy atom. The number of halogens is 2. The molecule has 0 radical (unpaired) electrons. The first-order valence-electron chi connectivity index (χ1n) is 6.02. The number of carbonyl (C=O) groups is 2. The number of benzene rings is 1. The molecule has 1 aromatic rings. The number of nitrogens with one attached hydrogen (secondary N) is 2. The molecular weight excluding hydrogens is 348 g/mol. The van der Waals surface area contributed by atoms with Gasteiger partial charge in [0.15, 0.2) is 0 Å². The SMILES string of the molecule is CCC(C)(CNC(=O)Nc1cc(Br)ccc1Cl)C(=O)O. The second kappa shape index (κ2) is 6.95. The van der Waals surface area contributed by atoms with Crippen molar-refractivity contribution in [1.29, 1.82) is 0 Å². The molecule has 7 heteroatoms. The molecule has 0 aromatic heterocycles. The zero-order valence-electron chi connectivity index (χ0n) is 11.2. The molecule has 1 aromatic carbocycles. The van der Waals surface area contributed by atoms with Gasteiger partial charge in [-0.25, -0.2) is 4.79 Å². The summed E-state index contributed by atoms with van der Waals surface area (Å²) in [5, 5.41) is 14.6. The fourth-order valence-electron chi connectivity index (χ4n) is 1.39. The maximum Gasteiger partial charge on any atom is 0.319 e. The first-order valence-corrected chi connectivity index (χ1v) is 7.19. The van der Waals surface area contributed by atoms with Crippen LogP contribution in [0.15, 0.2) is 22.7 Å². The van der Waals surface area contributed by atoms with E-state index in [0.29, 0.717) is 17.1 Å². The number of hydrogen-bond acceptors (Lipinski definition) is 2. The molecule has 110 valence electrons. The molecule has 2 amide bonds. The zero-order chi connectivity index (χ0) is 15.3. The summed E-state index contributed by atoms with van der Waals surface area (Å²) in [5.74, 6) is -0.944. The van der Waals surface area contributed by atoms with Crippen molar-refractivity contribution < 1.29 is 14.7 Å². The number of urea groups is 1. The summed E-state index contributed by atoms with van der Waals surface area (Å²) in [7, 11) is 0. The van der Waals surface area contributed by atoms with Gasteiger partial charge in [-0.15, -0.1) is 0 Å². The van der Waals surface area contributed by atoms with Crippen LogP contribution in [0.1, 0.15) is 20.3 Å². The zero-order valence-corrected chi connectivity index (χ0v) is 13.5. The molecule has 3 N–H and O–H groups in total. The summed E-state index contributed by atoms with van der Waals surface area (Å²) in [5.41, 5.74) is -0.537. The Morgan fingerprint density at radius 1 is 1.45 bits per heavy atom. The van der Waals surface area contributed by atoms with Crippen molar-refractivity contribution in [3.8, 4) is 0 Å². The predicted octanol–water partition coefficient (Wildman–Crippen LogP) is 3.72. The van der Waals surface area contributed by atoms with Gasteiger partial charge in [0, 0.05) is 11.0 Å². The van der Waals surface area contributed by atoms with Gasteiger partial charge in [-0.3, -0.25) is 4.79 Å². The van der Waals surface area contributed by atoms with E-state index in [1.54, 1.807) is 32.0 Å². The van der Waals surface area contributed by atoms with Crippen molar-refractivity contribution in [2.45, 2.75) is 20.3 Å². The highest BCUT2D eigenvalue weighted by Crippen LogP contribution is 2.25. The fourth-order valence-corrected chi connectivity index (χ4v) is 1.91. The highest BCUT2D eigenvalue weighted by molar-refractivity contribution is 9.10. The number of amides is 2. The van der Waals surface area contributed by atoms with Crippen molar-refractivity contribution in [2.75, 3.05) is 11.9 Å². The third-order valence-electron chi connectivity index (χ3n) is 3.11. The van der Waals surface area contributed by atoms with Crippen LogP contribution in [-0.4, -0.2) is 23.7 Å². The quantitative estimate of drug-likeness (QED) is 0.746. The van der Waals surface area contributed by atoms with Crippen LogP contribution in [0.3, 0.4) is 0 Å². The van der Waals surface area contributed by atoms with Gasteiger partial charge in [0.25, 0.3) is 0 Å². The van der Waals surface area contributed by atoms with Gasteiger partial charge in [-0.05, 0) is 31.5 Å². The Morgan fingerprint density at radius 3 is 2.65 bits per heavy atom. The summed E-state index contributed by atoms with van der Waals surface area (Å²) < 4.78 is 0.779. The van der Waals surface area contributed by atoms with Crippen LogP contribution < -0.4 is 10.6 Å². The normalized spacial score (nSPS) is 13.4. The van der Waals surface area contributed by atoms with Crippen molar-refractivity contribution >= 4 is 45.2 Å². The maximum atomic E-state index is 11.8. The molecule has 0 fully saturated rings. The van der Waals surface area contributed by atoms with Gasteiger partial charge in [-0.2, -0.15) is 0 Å².